The highest BCUT2D eigenvalue weighted by Gasteiger charge is 2.23. The first-order valence-corrected chi connectivity index (χ1v) is 7.91. The summed E-state index contributed by atoms with van der Waals surface area (Å²) < 4.78 is 1.99. The van der Waals surface area contributed by atoms with Gasteiger partial charge in [0.1, 0.15) is 0 Å². The SMILES string of the molecule is O=C(O)N1CCN(C(=O)Cc2ccc(Cn3ccnc3)cc2)CC1. The van der Waals surface area contributed by atoms with Crippen molar-refractivity contribution in [2.45, 2.75) is 13.0 Å². The zero-order chi connectivity index (χ0) is 16.9. The van der Waals surface area contributed by atoms with Crippen LogP contribution in [0.5, 0.6) is 0 Å². The first-order valence-electron chi connectivity index (χ1n) is 7.91. The number of hydrogen-bond acceptors (Lipinski definition) is 3. The predicted molar refractivity (Wildman–Crippen MR) is 87.7 cm³/mol. The minimum atomic E-state index is -0.921. The lowest BCUT2D eigenvalue weighted by Gasteiger charge is -2.33. The van der Waals surface area contributed by atoms with E-state index in [1.54, 1.807) is 17.4 Å². The second kappa shape index (κ2) is 7.16. The van der Waals surface area contributed by atoms with Crippen LogP contribution in [0.1, 0.15) is 11.1 Å². The Morgan fingerprint density at radius 3 is 2.21 bits per heavy atom. The molecule has 2 aromatic rings. The van der Waals surface area contributed by atoms with Crippen molar-refractivity contribution in [2.24, 2.45) is 0 Å². The Labute approximate surface area is 140 Å². The zero-order valence-corrected chi connectivity index (χ0v) is 13.3. The van der Waals surface area contributed by atoms with E-state index in [1.807, 2.05) is 35.0 Å². The molecule has 2 amide bonds. The molecule has 1 fully saturated rings. The van der Waals surface area contributed by atoms with Gasteiger partial charge in [0.25, 0.3) is 0 Å². The van der Waals surface area contributed by atoms with Gasteiger partial charge in [-0.3, -0.25) is 4.79 Å². The number of carboxylic acid groups (broad SMARTS) is 1. The lowest BCUT2D eigenvalue weighted by atomic mass is 10.1. The van der Waals surface area contributed by atoms with Gasteiger partial charge in [0.15, 0.2) is 0 Å². The van der Waals surface area contributed by atoms with Crippen LogP contribution in [0.15, 0.2) is 43.0 Å². The molecule has 126 valence electrons. The molecular formula is C17H20N4O3. The maximum absolute atomic E-state index is 12.3. The molecule has 24 heavy (non-hydrogen) atoms. The Kier molecular flexibility index (Phi) is 4.79. The molecule has 1 aliphatic heterocycles. The molecule has 3 rings (SSSR count). The number of piperazine rings is 1. The van der Waals surface area contributed by atoms with Crippen molar-refractivity contribution < 1.29 is 14.7 Å². The molecule has 7 nitrogen and oxygen atoms in total. The van der Waals surface area contributed by atoms with E-state index < -0.39 is 6.09 Å². The van der Waals surface area contributed by atoms with Gasteiger partial charge in [-0.05, 0) is 11.1 Å². The number of carbonyl (C=O) groups excluding carboxylic acids is 1. The second-order valence-electron chi connectivity index (χ2n) is 5.88. The Hall–Kier alpha value is -2.83. The summed E-state index contributed by atoms with van der Waals surface area (Å²) in [5.41, 5.74) is 2.12. The molecule has 0 atom stereocenters. The van der Waals surface area contributed by atoms with Crippen LogP contribution < -0.4 is 0 Å². The Bertz CT molecular complexity index is 689. The van der Waals surface area contributed by atoms with Gasteiger partial charge in [-0.25, -0.2) is 9.78 Å². The summed E-state index contributed by atoms with van der Waals surface area (Å²) in [5.74, 6) is 0.0439. The van der Waals surface area contributed by atoms with Crippen LogP contribution in [0.3, 0.4) is 0 Å². The zero-order valence-electron chi connectivity index (χ0n) is 13.3. The van der Waals surface area contributed by atoms with Crippen molar-refractivity contribution >= 4 is 12.0 Å². The minimum Gasteiger partial charge on any atom is -0.465 e. The molecular weight excluding hydrogens is 308 g/mol. The average molecular weight is 328 g/mol. The first-order chi connectivity index (χ1) is 11.6. The van der Waals surface area contributed by atoms with E-state index in [9.17, 15) is 9.59 Å². The lowest BCUT2D eigenvalue weighted by molar-refractivity contribution is -0.132. The minimum absolute atomic E-state index is 0.0439. The van der Waals surface area contributed by atoms with Crippen LogP contribution in [-0.4, -0.2) is 62.6 Å². The number of carbonyl (C=O) groups is 2. The molecule has 2 heterocycles. The molecule has 1 saturated heterocycles. The molecule has 0 spiro atoms. The van der Waals surface area contributed by atoms with Gasteiger partial charge >= 0.3 is 6.09 Å². The van der Waals surface area contributed by atoms with Crippen LogP contribution in [0.25, 0.3) is 0 Å². The van der Waals surface area contributed by atoms with Gasteiger partial charge in [0.05, 0.1) is 12.7 Å². The van der Waals surface area contributed by atoms with Crippen LogP contribution in [-0.2, 0) is 17.8 Å². The van der Waals surface area contributed by atoms with Gasteiger partial charge in [-0.15, -0.1) is 0 Å². The van der Waals surface area contributed by atoms with Crippen molar-refractivity contribution in [1.82, 2.24) is 19.4 Å². The van der Waals surface area contributed by atoms with Crippen LogP contribution in [0, 0.1) is 0 Å². The molecule has 1 aromatic heterocycles. The maximum atomic E-state index is 12.3. The van der Waals surface area contributed by atoms with E-state index in [2.05, 4.69) is 4.98 Å². The third-order valence-corrected chi connectivity index (χ3v) is 4.21. The Balaban J connectivity index is 1.52. The molecule has 7 heteroatoms. The number of rotatable bonds is 4. The summed E-state index contributed by atoms with van der Waals surface area (Å²) in [6.07, 6.45) is 4.86. The van der Waals surface area contributed by atoms with E-state index in [-0.39, 0.29) is 5.91 Å². The molecule has 0 aliphatic carbocycles. The van der Waals surface area contributed by atoms with Crippen molar-refractivity contribution in [3.8, 4) is 0 Å². The number of imidazole rings is 1. The summed E-state index contributed by atoms with van der Waals surface area (Å²) in [4.78, 5) is 30.3. The first kappa shape index (κ1) is 16.0. The van der Waals surface area contributed by atoms with Crippen molar-refractivity contribution in [3.05, 3.63) is 54.1 Å². The van der Waals surface area contributed by atoms with Crippen LogP contribution in [0.2, 0.25) is 0 Å². The van der Waals surface area contributed by atoms with E-state index in [4.69, 9.17) is 5.11 Å². The summed E-state index contributed by atoms with van der Waals surface area (Å²) in [7, 11) is 0. The van der Waals surface area contributed by atoms with Crippen LogP contribution in [0.4, 0.5) is 4.79 Å². The largest absolute Gasteiger partial charge is 0.465 e. The summed E-state index contributed by atoms with van der Waals surface area (Å²) in [6.45, 7) is 2.44. The molecule has 0 saturated carbocycles. The third-order valence-electron chi connectivity index (χ3n) is 4.21. The van der Waals surface area contributed by atoms with E-state index >= 15 is 0 Å². The van der Waals surface area contributed by atoms with Gasteiger partial charge in [0.2, 0.25) is 5.91 Å². The number of nitrogens with zero attached hydrogens (tertiary/aromatic N) is 4. The fraction of sp³-hybridized carbons (Fsp3) is 0.353. The van der Waals surface area contributed by atoms with Gasteiger partial charge < -0.3 is 19.5 Å². The third kappa shape index (κ3) is 3.92. The second-order valence-corrected chi connectivity index (χ2v) is 5.88. The Morgan fingerprint density at radius 2 is 1.62 bits per heavy atom. The van der Waals surface area contributed by atoms with Crippen molar-refractivity contribution in [1.29, 1.82) is 0 Å². The normalized spacial score (nSPS) is 14.7. The maximum Gasteiger partial charge on any atom is 0.407 e. The molecule has 0 radical (unpaired) electrons. The summed E-state index contributed by atoms with van der Waals surface area (Å²) in [5, 5.41) is 8.93. The topological polar surface area (TPSA) is 78.7 Å². The van der Waals surface area contributed by atoms with E-state index in [0.29, 0.717) is 32.6 Å². The van der Waals surface area contributed by atoms with Gasteiger partial charge in [0, 0.05) is 45.1 Å². The summed E-state index contributed by atoms with van der Waals surface area (Å²) >= 11 is 0. The van der Waals surface area contributed by atoms with Crippen molar-refractivity contribution in [3.63, 3.8) is 0 Å². The van der Waals surface area contributed by atoms with Gasteiger partial charge in [-0.1, -0.05) is 24.3 Å². The van der Waals surface area contributed by atoms with Crippen LogP contribution >= 0.6 is 0 Å². The average Bonchev–Trinajstić information content (AvgIpc) is 3.09. The molecule has 1 aliphatic rings. The van der Waals surface area contributed by atoms with Gasteiger partial charge in [-0.2, -0.15) is 0 Å². The quantitative estimate of drug-likeness (QED) is 0.917. The highest BCUT2D eigenvalue weighted by atomic mass is 16.4. The standard InChI is InChI=1S/C17H20N4O3/c22-16(20-7-9-21(10-8-20)17(23)24)11-14-1-3-15(4-2-14)12-19-6-5-18-13-19/h1-6,13H,7-12H2,(H,23,24). The fourth-order valence-corrected chi connectivity index (χ4v) is 2.79. The number of aromatic nitrogens is 2. The number of amides is 2. The predicted octanol–water partition coefficient (Wildman–Crippen LogP) is 1.30. The highest BCUT2D eigenvalue weighted by Crippen LogP contribution is 2.10. The number of benzene rings is 1. The Morgan fingerprint density at radius 1 is 1.00 bits per heavy atom. The van der Waals surface area contributed by atoms with E-state index in [0.717, 1.165) is 17.7 Å². The molecule has 0 bridgehead atoms. The molecule has 1 aromatic carbocycles. The molecule has 0 unspecified atom stereocenters. The van der Waals surface area contributed by atoms with E-state index in [1.165, 1.54) is 4.90 Å². The monoisotopic (exact) mass is 328 g/mol. The lowest BCUT2D eigenvalue weighted by Crippen LogP contribution is -2.50. The molecule has 1 N–H and O–H groups in total. The summed E-state index contributed by atoms with van der Waals surface area (Å²) in [6, 6.07) is 7.98. The fourth-order valence-electron chi connectivity index (χ4n) is 2.79. The highest BCUT2D eigenvalue weighted by molar-refractivity contribution is 5.79. The van der Waals surface area contributed by atoms with Crippen molar-refractivity contribution in [2.75, 3.05) is 26.2 Å². The number of hydrogen-bond donors (Lipinski definition) is 1. The smallest absolute Gasteiger partial charge is 0.407 e.